The Morgan fingerprint density at radius 1 is 1.73 bits per heavy atom. The van der Waals surface area contributed by atoms with E-state index < -0.39 is 12.1 Å². The Labute approximate surface area is 64.7 Å². The van der Waals surface area contributed by atoms with Gasteiger partial charge >= 0.3 is 5.97 Å². The molecule has 0 heterocycles. The van der Waals surface area contributed by atoms with Gasteiger partial charge in [-0.2, -0.15) is 0 Å². The fraction of sp³-hybridized carbons (Fsp3) is 0.375. The maximum Gasteiger partial charge on any atom is 0.331 e. The van der Waals surface area contributed by atoms with Crippen molar-refractivity contribution in [2.75, 3.05) is 0 Å². The average molecular weight is 154 g/mol. The van der Waals surface area contributed by atoms with E-state index in [0.29, 0.717) is 24.0 Å². The van der Waals surface area contributed by atoms with Gasteiger partial charge in [0, 0.05) is 5.57 Å². The van der Waals surface area contributed by atoms with Crippen molar-refractivity contribution in [3.05, 3.63) is 23.8 Å². The van der Waals surface area contributed by atoms with E-state index in [1.807, 2.05) is 0 Å². The summed E-state index contributed by atoms with van der Waals surface area (Å²) >= 11 is 0. The number of aliphatic carboxylic acids is 1. The minimum atomic E-state index is -0.948. The molecule has 60 valence electrons. The van der Waals surface area contributed by atoms with Crippen LogP contribution in [0.25, 0.3) is 0 Å². The lowest BCUT2D eigenvalue weighted by Crippen LogP contribution is -2.04. The smallest absolute Gasteiger partial charge is 0.331 e. The first-order chi connectivity index (χ1) is 5.16. The lowest BCUT2D eigenvalue weighted by atomic mass is 10.1. The molecular formula is C8H10O3. The van der Waals surface area contributed by atoms with Crippen LogP contribution in [0.5, 0.6) is 0 Å². The fourth-order valence-electron chi connectivity index (χ4n) is 1.27. The van der Waals surface area contributed by atoms with Gasteiger partial charge in [-0.1, -0.05) is 12.7 Å². The third-order valence-corrected chi connectivity index (χ3v) is 1.85. The lowest BCUT2D eigenvalue weighted by Gasteiger charge is -2.01. The van der Waals surface area contributed by atoms with Crippen molar-refractivity contribution >= 4 is 5.97 Å². The number of carboxylic acids is 1. The summed E-state index contributed by atoms with van der Waals surface area (Å²) in [5.74, 6) is -0.948. The Balaban J connectivity index is 2.97. The molecule has 2 N–H and O–H groups in total. The molecule has 3 heteroatoms. The van der Waals surface area contributed by atoms with E-state index >= 15 is 0 Å². The summed E-state index contributed by atoms with van der Waals surface area (Å²) in [6.45, 7) is 3.44. The van der Waals surface area contributed by atoms with Gasteiger partial charge in [0.15, 0.2) is 0 Å². The zero-order valence-corrected chi connectivity index (χ0v) is 6.08. The standard InChI is InChI=1S/C8H10O3/c1-2-5-6(8(10)11)3-4-7(5)9/h2,7,9H,1,3-4H2,(H,10,11). The molecule has 0 saturated heterocycles. The predicted molar refractivity (Wildman–Crippen MR) is 40.1 cm³/mol. The summed E-state index contributed by atoms with van der Waals surface area (Å²) < 4.78 is 0. The highest BCUT2D eigenvalue weighted by molar-refractivity contribution is 5.89. The van der Waals surface area contributed by atoms with Crippen LogP contribution in [0.3, 0.4) is 0 Å². The average Bonchev–Trinajstić information content (AvgIpc) is 2.30. The summed E-state index contributed by atoms with van der Waals surface area (Å²) in [6, 6.07) is 0. The first-order valence-corrected chi connectivity index (χ1v) is 3.43. The monoisotopic (exact) mass is 154 g/mol. The molecule has 0 spiro atoms. The zero-order valence-electron chi connectivity index (χ0n) is 6.08. The Bertz CT molecular complexity index is 227. The molecule has 0 bridgehead atoms. The van der Waals surface area contributed by atoms with Gasteiger partial charge in [0.05, 0.1) is 6.10 Å². The second-order valence-electron chi connectivity index (χ2n) is 2.50. The number of aliphatic hydroxyl groups excluding tert-OH is 1. The van der Waals surface area contributed by atoms with Crippen LogP contribution in [-0.4, -0.2) is 22.3 Å². The number of carbonyl (C=O) groups is 1. The SMILES string of the molecule is C=CC1=C(C(=O)O)CCC1O. The first kappa shape index (κ1) is 8.01. The Kier molecular flexibility index (Phi) is 2.10. The Hall–Kier alpha value is -1.09. The van der Waals surface area contributed by atoms with E-state index in [9.17, 15) is 9.90 Å². The number of hydrogen-bond donors (Lipinski definition) is 2. The minimum absolute atomic E-state index is 0.299. The van der Waals surface area contributed by atoms with E-state index in [4.69, 9.17) is 5.11 Å². The molecule has 0 saturated carbocycles. The van der Waals surface area contributed by atoms with Gasteiger partial charge in [-0.3, -0.25) is 0 Å². The molecule has 3 nitrogen and oxygen atoms in total. The summed E-state index contributed by atoms with van der Waals surface area (Å²) in [4.78, 5) is 10.5. The second-order valence-corrected chi connectivity index (χ2v) is 2.50. The molecular weight excluding hydrogens is 144 g/mol. The van der Waals surface area contributed by atoms with Crippen LogP contribution in [0.4, 0.5) is 0 Å². The van der Waals surface area contributed by atoms with Crippen molar-refractivity contribution in [3.63, 3.8) is 0 Å². The quantitative estimate of drug-likeness (QED) is 0.615. The molecule has 1 aliphatic carbocycles. The summed E-state index contributed by atoms with van der Waals surface area (Å²) in [7, 11) is 0. The van der Waals surface area contributed by atoms with E-state index in [1.54, 1.807) is 0 Å². The highest BCUT2D eigenvalue weighted by Gasteiger charge is 2.25. The van der Waals surface area contributed by atoms with Gasteiger partial charge in [-0.25, -0.2) is 4.79 Å². The van der Waals surface area contributed by atoms with E-state index in [-0.39, 0.29) is 0 Å². The lowest BCUT2D eigenvalue weighted by molar-refractivity contribution is -0.132. The van der Waals surface area contributed by atoms with Crippen LogP contribution in [0.1, 0.15) is 12.8 Å². The number of hydrogen-bond acceptors (Lipinski definition) is 2. The Morgan fingerprint density at radius 2 is 2.36 bits per heavy atom. The fourth-order valence-corrected chi connectivity index (χ4v) is 1.27. The molecule has 1 aliphatic rings. The second kappa shape index (κ2) is 2.88. The molecule has 1 unspecified atom stereocenters. The van der Waals surface area contributed by atoms with Gasteiger partial charge in [-0.05, 0) is 18.4 Å². The maximum absolute atomic E-state index is 10.5. The van der Waals surface area contributed by atoms with E-state index in [0.717, 1.165) is 0 Å². The molecule has 11 heavy (non-hydrogen) atoms. The van der Waals surface area contributed by atoms with Gasteiger partial charge in [0.25, 0.3) is 0 Å². The largest absolute Gasteiger partial charge is 0.478 e. The summed E-state index contributed by atoms with van der Waals surface area (Å²) in [5.41, 5.74) is 0.769. The van der Waals surface area contributed by atoms with Gasteiger partial charge < -0.3 is 10.2 Å². The highest BCUT2D eigenvalue weighted by Crippen LogP contribution is 2.26. The van der Waals surface area contributed by atoms with Crippen molar-refractivity contribution in [2.45, 2.75) is 18.9 Å². The molecule has 0 fully saturated rings. The summed E-state index contributed by atoms with van der Waals surface area (Å²) in [5, 5.41) is 17.8. The van der Waals surface area contributed by atoms with Gasteiger partial charge in [0.2, 0.25) is 0 Å². The van der Waals surface area contributed by atoms with Crippen LogP contribution in [0, 0.1) is 0 Å². The molecule has 0 aromatic heterocycles. The predicted octanol–water partition coefficient (Wildman–Crippen LogP) is 0.708. The van der Waals surface area contributed by atoms with Crippen molar-refractivity contribution < 1.29 is 15.0 Å². The van der Waals surface area contributed by atoms with Crippen molar-refractivity contribution in [2.24, 2.45) is 0 Å². The molecule has 0 aromatic carbocycles. The topological polar surface area (TPSA) is 57.5 Å². The Morgan fingerprint density at radius 3 is 2.73 bits per heavy atom. The van der Waals surface area contributed by atoms with Crippen LogP contribution in [-0.2, 0) is 4.79 Å². The molecule has 0 aliphatic heterocycles. The summed E-state index contributed by atoms with van der Waals surface area (Å²) in [6.07, 6.45) is 1.74. The third-order valence-electron chi connectivity index (χ3n) is 1.85. The third kappa shape index (κ3) is 1.33. The number of rotatable bonds is 2. The normalized spacial score (nSPS) is 23.9. The van der Waals surface area contributed by atoms with Crippen LogP contribution in [0.15, 0.2) is 23.8 Å². The van der Waals surface area contributed by atoms with Crippen LogP contribution >= 0.6 is 0 Å². The van der Waals surface area contributed by atoms with Gasteiger partial charge in [-0.15, -0.1) is 0 Å². The molecule has 1 atom stereocenters. The maximum atomic E-state index is 10.5. The van der Waals surface area contributed by atoms with Gasteiger partial charge in [0.1, 0.15) is 0 Å². The molecule has 0 radical (unpaired) electrons. The number of carboxylic acid groups (broad SMARTS) is 1. The van der Waals surface area contributed by atoms with Crippen molar-refractivity contribution in [3.8, 4) is 0 Å². The first-order valence-electron chi connectivity index (χ1n) is 3.43. The van der Waals surface area contributed by atoms with Crippen LogP contribution in [0.2, 0.25) is 0 Å². The van der Waals surface area contributed by atoms with Crippen molar-refractivity contribution in [1.82, 2.24) is 0 Å². The highest BCUT2D eigenvalue weighted by atomic mass is 16.4. The van der Waals surface area contributed by atoms with Crippen LogP contribution < -0.4 is 0 Å². The molecule has 1 rings (SSSR count). The van der Waals surface area contributed by atoms with E-state index in [2.05, 4.69) is 6.58 Å². The number of aliphatic hydroxyl groups is 1. The van der Waals surface area contributed by atoms with E-state index in [1.165, 1.54) is 6.08 Å². The molecule has 0 amide bonds. The van der Waals surface area contributed by atoms with Crippen molar-refractivity contribution in [1.29, 1.82) is 0 Å². The zero-order chi connectivity index (χ0) is 8.43. The molecule has 0 aromatic rings. The minimum Gasteiger partial charge on any atom is -0.478 e.